The Balaban J connectivity index is 0.000000264. The number of nitriles is 1. The number of alkyl halides is 3. The molecule has 0 aromatic heterocycles. The van der Waals surface area contributed by atoms with Gasteiger partial charge in [0.1, 0.15) is 12.2 Å². The number of hydrogen-bond acceptors (Lipinski definition) is 9. The van der Waals surface area contributed by atoms with Crippen LogP contribution >= 0.6 is 0 Å². The minimum absolute atomic E-state index is 0.0104. The molecule has 3 aromatic carbocycles. The molecule has 316 valence electrons. The molecule has 0 bridgehead atoms. The summed E-state index contributed by atoms with van der Waals surface area (Å²) in [5.41, 5.74) is -0.663. The maximum absolute atomic E-state index is 13.6. The lowest BCUT2D eigenvalue weighted by Crippen LogP contribution is -2.45. The Morgan fingerprint density at radius 2 is 1.41 bits per heavy atom. The molecular formula is C47H54F3NO8. The number of benzene rings is 3. The second kappa shape index (κ2) is 17.9. The van der Waals surface area contributed by atoms with Crippen LogP contribution in [0.5, 0.6) is 0 Å². The van der Waals surface area contributed by atoms with Gasteiger partial charge >= 0.3 is 24.1 Å². The van der Waals surface area contributed by atoms with E-state index in [2.05, 4.69) is 12.1 Å². The molecule has 1 aliphatic heterocycles. The number of Topliss-reactive ketones (excluding diaryl/α,β-unsaturated/α-hetero) is 1. The Bertz CT molecular complexity index is 2120. The van der Waals surface area contributed by atoms with E-state index in [0.29, 0.717) is 30.6 Å². The van der Waals surface area contributed by atoms with E-state index in [9.17, 15) is 37.6 Å². The SMILES string of the molecule is COCCOC(=O)C(C#N)(C(=O)c1ccccc1C(F)(F)F)c1ccc(C(C)(C)C)cc1.Cc1cc(C)c(C2=C(OC(=O)CC(C)(C)C)C3(CCCC3)OC2=O)c(C)c1. The predicted molar refractivity (Wildman–Crippen MR) is 216 cm³/mol. The zero-order chi connectivity index (χ0) is 44.1. The molecule has 9 nitrogen and oxygen atoms in total. The summed E-state index contributed by atoms with van der Waals surface area (Å²) >= 11 is 0. The van der Waals surface area contributed by atoms with Crippen molar-refractivity contribution in [2.45, 2.75) is 117 Å². The van der Waals surface area contributed by atoms with Crippen molar-refractivity contribution in [3.05, 3.63) is 111 Å². The quantitative estimate of drug-likeness (QED) is 0.0646. The van der Waals surface area contributed by atoms with Gasteiger partial charge in [-0.1, -0.05) is 102 Å². The van der Waals surface area contributed by atoms with Gasteiger partial charge in [-0.05, 0) is 91.2 Å². The van der Waals surface area contributed by atoms with Crippen molar-refractivity contribution in [2.75, 3.05) is 20.3 Å². The zero-order valence-electron chi connectivity index (χ0n) is 35.6. The van der Waals surface area contributed by atoms with Crippen molar-refractivity contribution in [2.24, 2.45) is 5.41 Å². The highest BCUT2D eigenvalue weighted by molar-refractivity contribution is 6.21. The number of carbonyl (C=O) groups excluding carboxylic acids is 4. The molecule has 1 unspecified atom stereocenters. The van der Waals surface area contributed by atoms with Crippen molar-refractivity contribution in [3.8, 4) is 6.07 Å². The fourth-order valence-corrected chi connectivity index (χ4v) is 7.57. The summed E-state index contributed by atoms with van der Waals surface area (Å²) in [6, 6.07) is 15.9. The first-order chi connectivity index (χ1) is 27.4. The normalized spacial score (nSPS) is 16.1. The number of aryl methyl sites for hydroxylation is 3. The zero-order valence-corrected chi connectivity index (χ0v) is 35.6. The molecule has 2 aliphatic rings. The Labute approximate surface area is 344 Å². The van der Waals surface area contributed by atoms with Crippen LogP contribution < -0.4 is 0 Å². The standard InChI is InChI=1S/C24H24F3NO4.C23H30O4/c1-22(2,3)16-9-11-17(12-10-16)23(15-28,21(30)32-14-13-31-4)20(29)18-7-5-6-8-19(18)24(25,26)27;1-14-11-15(2)18(16(3)12-14)19-20(26-17(24)13-22(4,5)6)23(27-21(19)25)9-7-8-10-23/h5-12H,13-14H2,1-4H3;11-12H,7-10,13H2,1-6H3. The molecule has 1 atom stereocenters. The van der Waals surface area contributed by atoms with Crippen LogP contribution in [0.15, 0.2) is 66.4 Å². The van der Waals surface area contributed by atoms with E-state index in [1.807, 2.05) is 62.3 Å². The molecule has 1 aliphatic carbocycles. The number of nitrogens with zero attached hydrogens (tertiary/aromatic N) is 1. The molecular weight excluding hydrogens is 764 g/mol. The first kappa shape index (κ1) is 46.4. The summed E-state index contributed by atoms with van der Waals surface area (Å²) < 4.78 is 62.4. The molecule has 59 heavy (non-hydrogen) atoms. The van der Waals surface area contributed by atoms with Gasteiger partial charge in [0.25, 0.3) is 0 Å². The molecule has 5 rings (SSSR count). The number of ether oxygens (including phenoxy) is 4. The van der Waals surface area contributed by atoms with Crippen molar-refractivity contribution in [1.82, 2.24) is 0 Å². The highest BCUT2D eigenvalue weighted by atomic mass is 19.4. The van der Waals surface area contributed by atoms with E-state index in [4.69, 9.17) is 18.9 Å². The maximum atomic E-state index is 13.6. The lowest BCUT2D eigenvalue weighted by molar-refractivity contribution is -0.153. The molecule has 3 aromatic rings. The van der Waals surface area contributed by atoms with Crippen LogP contribution in [0.2, 0.25) is 0 Å². The Morgan fingerprint density at radius 3 is 1.92 bits per heavy atom. The van der Waals surface area contributed by atoms with Crippen molar-refractivity contribution >= 4 is 29.3 Å². The van der Waals surface area contributed by atoms with E-state index < -0.39 is 40.1 Å². The monoisotopic (exact) mass is 817 g/mol. The first-order valence-corrected chi connectivity index (χ1v) is 19.6. The van der Waals surface area contributed by atoms with E-state index >= 15 is 0 Å². The maximum Gasteiger partial charge on any atom is 0.417 e. The van der Waals surface area contributed by atoms with E-state index in [-0.39, 0.29) is 41.5 Å². The lowest BCUT2D eigenvalue weighted by Gasteiger charge is -2.26. The van der Waals surface area contributed by atoms with Crippen LogP contribution in [0, 0.1) is 37.5 Å². The smallest absolute Gasteiger partial charge is 0.417 e. The summed E-state index contributed by atoms with van der Waals surface area (Å²) in [6.07, 6.45) is -1.21. The number of esters is 3. The highest BCUT2D eigenvalue weighted by Gasteiger charge is 2.54. The molecule has 0 N–H and O–H groups in total. The van der Waals surface area contributed by atoms with Gasteiger partial charge in [-0.2, -0.15) is 18.4 Å². The second-order valence-corrected chi connectivity index (χ2v) is 17.5. The third kappa shape index (κ3) is 10.3. The highest BCUT2D eigenvalue weighted by Crippen LogP contribution is 2.49. The molecule has 12 heteroatoms. The number of halogens is 3. The molecule has 0 radical (unpaired) electrons. The number of rotatable bonds is 10. The van der Waals surface area contributed by atoms with Gasteiger partial charge in [-0.3, -0.25) is 9.59 Å². The Kier molecular flexibility index (Phi) is 14.1. The topological polar surface area (TPSA) is 129 Å². The Hall–Kier alpha value is -5.28. The Morgan fingerprint density at radius 1 is 0.847 bits per heavy atom. The average Bonchev–Trinajstić information content (AvgIpc) is 3.70. The molecule has 1 spiro atoms. The van der Waals surface area contributed by atoms with Crippen LogP contribution in [0.1, 0.15) is 123 Å². The van der Waals surface area contributed by atoms with Gasteiger partial charge in [0.15, 0.2) is 17.1 Å². The summed E-state index contributed by atoms with van der Waals surface area (Å²) in [5.74, 6) is -2.80. The first-order valence-electron chi connectivity index (χ1n) is 19.6. The van der Waals surface area contributed by atoms with Crippen LogP contribution in [-0.4, -0.2) is 49.6 Å². The van der Waals surface area contributed by atoms with E-state index in [0.717, 1.165) is 58.9 Å². The van der Waals surface area contributed by atoms with E-state index in [1.54, 1.807) is 18.2 Å². The number of hydrogen-bond donors (Lipinski definition) is 0. The molecule has 1 fully saturated rings. The summed E-state index contributed by atoms with van der Waals surface area (Å²) in [5, 5.41) is 10.0. The molecule has 1 saturated carbocycles. The largest absolute Gasteiger partial charge is 0.461 e. The number of ketones is 1. The van der Waals surface area contributed by atoms with Crippen molar-refractivity contribution in [1.29, 1.82) is 5.26 Å². The van der Waals surface area contributed by atoms with Crippen LogP contribution in [0.4, 0.5) is 13.2 Å². The number of methoxy groups -OCH3 is 1. The summed E-state index contributed by atoms with van der Waals surface area (Å²) in [4.78, 5) is 52.1. The number of carbonyl (C=O) groups is 4. The summed E-state index contributed by atoms with van der Waals surface area (Å²) in [6.45, 7) is 17.6. The molecule has 0 saturated heterocycles. The van der Waals surface area contributed by atoms with Gasteiger partial charge < -0.3 is 18.9 Å². The lowest BCUT2D eigenvalue weighted by atomic mass is 9.73. The second-order valence-electron chi connectivity index (χ2n) is 17.5. The summed E-state index contributed by atoms with van der Waals surface area (Å²) in [7, 11) is 1.36. The van der Waals surface area contributed by atoms with Gasteiger partial charge in [0, 0.05) is 12.7 Å². The van der Waals surface area contributed by atoms with Gasteiger partial charge in [0.2, 0.25) is 5.41 Å². The fourth-order valence-electron chi connectivity index (χ4n) is 7.57. The molecule has 0 amide bonds. The van der Waals surface area contributed by atoms with Gasteiger partial charge in [-0.15, -0.1) is 0 Å². The van der Waals surface area contributed by atoms with Gasteiger partial charge in [0.05, 0.1) is 24.7 Å². The third-order valence-electron chi connectivity index (χ3n) is 10.4. The fraction of sp³-hybridized carbons (Fsp3) is 0.468. The van der Waals surface area contributed by atoms with E-state index in [1.165, 1.54) is 25.3 Å². The van der Waals surface area contributed by atoms with Crippen LogP contribution in [0.25, 0.3) is 5.57 Å². The van der Waals surface area contributed by atoms with Crippen LogP contribution in [0.3, 0.4) is 0 Å². The minimum Gasteiger partial charge on any atom is -0.461 e. The minimum atomic E-state index is -4.86. The van der Waals surface area contributed by atoms with Gasteiger partial charge in [-0.25, -0.2) is 9.59 Å². The molecule has 1 heterocycles. The average molecular weight is 818 g/mol. The van der Waals surface area contributed by atoms with Crippen molar-refractivity contribution < 1.29 is 51.3 Å². The van der Waals surface area contributed by atoms with Crippen molar-refractivity contribution in [3.63, 3.8) is 0 Å². The van der Waals surface area contributed by atoms with Crippen LogP contribution in [-0.2, 0) is 50.3 Å². The predicted octanol–water partition coefficient (Wildman–Crippen LogP) is 10.0. The third-order valence-corrected chi connectivity index (χ3v) is 10.4.